The van der Waals surface area contributed by atoms with Gasteiger partial charge in [0.05, 0.1) is 18.3 Å². The lowest BCUT2D eigenvalue weighted by Gasteiger charge is -2.26. The lowest BCUT2D eigenvalue weighted by Crippen LogP contribution is -2.32. The van der Waals surface area contributed by atoms with Gasteiger partial charge in [0.25, 0.3) is 0 Å². The van der Waals surface area contributed by atoms with Crippen LogP contribution in [-0.2, 0) is 0 Å². The first-order valence-corrected chi connectivity index (χ1v) is 6.61. The lowest BCUT2D eigenvalue weighted by atomic mass is 10.1. The van der Waals surface area contributed by atoms with Crippen LogP contribution in [0.3, 0.4) is 0 Å². The largest absolute Gasteiger partial charge is 0.409 e. The fourth-order valence-electron chi connectivity index (χ4n) is 2.30. The van der Waals surface area contributed by atoms with Crippen molar-refractivity contribution >= 4 is 27.5 Å². The summed E-state index contributed by atoms with van der Waals surface area (Å²) < 4.78 is 0.881. The summed E-state index contributed by atoms with van der Waals surface area (Å²) in [7, 11) is 0. The molecule has 0 amide bonds. The number of amidine groups is 1. The van der Waals surface area contributed by atoms with Crippen LogP contribution in [0.1, 0.15) is 18.4 Å². The van der Waals surface area contributed by atoms with E-state index in [2.05, 4.69) is 26.0 Å². The van der Waals surface area contributed by atoms with Crippen LogP contribution in [0.25, 0.3) is 0 Å². The SMILES string of the molecule is N/C(=N/O)c1ccc(N2CCCC2CO)c(Br)c1. The highest BCUT2D eigenvalue weighted by atomic mass is 79.9. The Bertz CT molecular complexity index is 465. The summed E-state index contributed by atoms with van der Waals surface area (Å²) in [6, 6.07) is 5.72. The maximum Gasteiger partial charge on any atom is 0.170 e. The number of halogens is 1. The fourth-order valence-corrected chi connectivity index (χ4v) is 2.91. The van der Waals surface area contributed by atoms with E-state index in [1.165, 1.54) is 0 Å². The number of benzene rings is 1. The second-order valence-corrected chi connectivity index (χ2v) is 5.18. The molecule has 1 aromatic carbocycles. The zero-order valence-corrected chi connectivity index (χ0v) is 11.5. The van der Waals surface area contributed by atoms with Crippen LogP contribution in [0.5, 0.6) is 0 Å². The van der Waals surface area contributed by atoms with Crippen molar-refractivity contribution in [3.63, 3.8) is 0 Å². The highest BCUT2D eigenvalue weighted by Gasteiger charge is 2.25. The van der Waals surface area contributed by atoms with Crippen LogP contribution in [-0.4, -0.2) is 35.3 Å². The van der Waals surface area contributed by atoms with E-state index in [0.29, 0.717) is 5.56 Å². The van der Waals surface area contributed by atoms with Crippen molar-refractivity contribution in [3.05, 3.63) is 28.2 Å². The summed E-state index contributed by atoms with van der Waals surface area (Å²) in [5.74, 6) is 0.0855. The van der Waals surface area contributed by atoms with E-state index in [0.717, 1.165) is 29.5 Å². The molecule has 0 aromatic heterocycles. The van der Waals surface area contributed by atoms with Crippen molar-refractivity contribution in [2.75, 3.05) is 18.1 Å². The number of hydrogen-bond donors (Lipinski definition) is 3. The molecule has 5 nitrogen and oxygen atoms in total. The lowest BCUT2D eigenvalue weighted by molar-refractivity contribution is 0.266. The molecule has 1 atom stereocenters. The van der Waals surface area contributed by atoms with Crippen LogP contribution >= 0.6 is 15.9 Å². The number of aliphatic hydroxyl groups excluding tert-OH is 1. The maximum absolute atomic E-state index is 9.34. The van der Waals surface area contributed by atoms with E-state index < -0.39 is 0 Å². The molecule has 6 heteroatoms. The van der Waals surface area contributed by atoms with E-state index in [1.54, 1.807) is 0 Å². The van der Waals surface area contributed by atoms with Gasteiger partial charge in [-0.2, -0.15) is 0 Å². The van der Waals surface area contributed by atoms with E-state index in [1.807, 2.05) is 18.2 Å². The predicted octanol–water partition coefficient (Wildman–Crippen LogP) is 1.50. The monoisotopic (exact) mass is 313 g/mol. The summed E-state index contributed by atoms with van der Waals surface area (Å²) in [6.45, 7) is 1.10. The van der Waals surface area contributed by atoms with Crippen molar-refractivity contribution in [2.24, 2.45) is 10.9 Å². The highest BCUT2D eigenvalue weighted by Crippen LogP contribution is 2.32. The minimum absolute atomic E-state index is 0.0855. The molecule has 0 aliphatic carbocycles. The third-order valence-electron chi connectivity index (χ3n) is 3.25. The van der Waals surface area contributed by atoms with Gasteiger partial charge < -0.3 is 20.9 Å². The van der Waals surface area contributed by atoms with Gasteiger partial charge in [-0.15, -0.1) is 0 Å². The Hall–Kier alpha value is -1.27. The normalized spacial score (nSPS) is 20.4. The van der Waals surface area contributed by atoms with Gasteiger partial charge in [0.15, 0.2) is 5.84 Å². The molecule has 98 valence electrons. The molecule has 0 saturated carbocycles. The molecule has 1 aliphatic rings. The average molecular weight is 314 g/mol. The van der Waals surface area contributed by atoms with E-state index in [4.69, 9.17) is 10.9 Å². The molecule has 2 rings (SSSR count). The molecule has 1 aromatic rings. The Labute approximate surface area is 114 Å². The topological polar surface area (TPSA) is 82.1 Å². The molecular formula is C12H16BrN3O2. The number of anilines is 1. The Morgan fingerprint density at radius 1 is 1.56 bits per heavy atom. The fraction of sp³-hybridized carbons (Fsp3) is 0.417. The molecule has 4 N–H and O–H groups in total. The number of nitrogens with two attached hydrogens (primary N) is 1. The Kier molecular flexibility index (Phi) is 4.08. The Balaban J connectivity index is 2.30. The van der Waals surface area contributed by atoms with Gasteiger partial charge in [0.1, 0.15) is 0 Å². The molecular weight excluding hydrogens is 298 g/mol. The molecule has 18 heavy (non-hydrogen) atoms. The highest BCUT2D eigenvalue weighted by molar-refractivity contribution is 9.10. The molecule has 1 aliphatic heterocycles. The number of aliphatic hydroxyl groups is 1. The molecule has 1 unspecified atom stereocenters. The molecule has 0 radical (unpaired) electrons. The van der Waals surface area contributed by atoms with Gasteiger partial charge >= 0.3 is 0 Å². The van der Waals surface area contributed by atoms with Crippen molar-refractivity contribution in [1.29, 1.82) is 0 Å². The minimum Gasteiger partial charge on any atom is -0.409 e. The maximum atomic E-state index is 9.34. The van der Waals surface area contributed by atoms with Gasteiger partial charge in [-0.1, -0.05) is 5.16 Å². The van der Waals surface area contributed by atoms with Crippen molar-refractivity contribution in [2.45, 2.75) is 18.9 Å². The Morgan fingerprint density at radius 2 is 2.33 bits per heavy atom. The summed E-state index contributed by atoms with van der Waals surface area (Å²) in [6.07, 6.45) is 2.09. The van der Waals surface area contributed by atoms with Crippen LogP contribution < -0.4 is 10.6 Å². The van der Waals surface area contributed by atoms with Crippen molar-refractivity contribution < 1.29 is 10.3 Å². The third-order valence-corrected chi connectivity index (χ3v) is 3.88. The van der Waals surface area contributed by atoms with Crippen LogP contribution in [0.15, 0.2) is 27.8 Å². The van der Waals surface area contributed by atoms with Gasteiger partial charge in [0, 0.05) is 16.6 Å². The summed E-state index contributed by atoms with van der Waals surface area (Å²) >= 11 is 3.50. The zero-order valence-electron chi connectivity index (χ0n) is 9.88. The van der Waals surface area contributed by atoms with E-state index in [-0.39, 0.29) is 18.5 Å². The summed E-state index contributed by atoms with van der Waals surface area (Å²) in [5, 5.41) is 21.0. The van der Waals surface area contributed by atoms with Crippen LogP contribution in [0, 0.1) is 0 Å². The summed E-state index contributed by atoms with van der Waals surface area (Å²) in [4.78, 5) is 2.18. The first-order valence-electron chi connectivity index (χ1n) is 5.82. The molecule has 0 spiro atoms. The van der Waals surface area contributed by atoms with Crippen molar-refractivity contribution in [1.82, 2.24) is 0 Å². The molecule has 1 saturated heterocycles. The number of nitrogens with zero attached hydrogens (tertiary/aromatic N) is 2. The van der Waals surface area contributed by atoms with Gasteiger partial charge in [0.2, 0.25) is 0 Å². The quantitative estimate of drug-likeness (QED) is 0.342. The summed E-state index contributed by atoms with van der Waals surface area (Å²) in [5.41, 5.74) is 7.23. The second kappa shape index (κ2) is 5.58. The zero-order chi connectivity index (χ0) is 13.1. The number of oxime groups is 1. The molecule has 1 fully saturated rings. The minimum atomic E-state index is 0.0855. The number of rotatable bonds is 3. The first-order chi connectivity index (χ1) is 8.67. The first kappa shape index (κ1) is 13.2. The molecule has 0 bridgehead atoms. The van der Waals surface area contributed by atoms with Crippen LogP contribution in [0.4, 0.5) is 5.69 Å². The standard InChI is InChI=1S/C12H16BrN3O2/c13-10-6-8(12(14)15-18)3-4-11(10)16-5-1-2-9(16)7-17/h3-4,6,9,17-18H,1-2,5,7H2,(H2,14,15). The Morgan fingerprint density at radius 3 is 2.94 bits per heavy atom. The third kappa shape index (κ3) is 2.44. The van der Waals surface area contributed by atoms with E-state index >= 15 is 0 Å². The van der Waals surface area contributed by atoms with Gasteiger partial charge in [-0.3, -0.25) is 0 Å². The number of hydrogen-bond acceptors (Lipinski definition) is 4. The van der Waals surface area contributed by atoms with Crippen LogP contribution in [0.2, 0.25) is 0 Å². The molecule has 1 heterocycles. The van der Waals surface area contributed by atoms with Gasteiger partial charge in [-0.25, -0.2) is 0 Å². The van der Waals surface area contributed by atoms with Gasteiger partial charge in [-0.05, 0) is 47.0 Å². The van der Waals surface area contributed by atoms with Crippen molar-refractivity contribution in [3.8, 4) is 0 Å². The smallest absolute Gasteiger partial charge is 0.170 e. The van der Waals surface area contributed by atoms with E-state index in [9.17, 15) is 5.11 Å². The average Bonchev–Trinajstić information content (AvgIpc) is 2.85. The second-order valence-electron chi connectivity index (χ2n) is 4.32. The predicted molar refractivity (Wildman–Crippen MR) is 74.1 cm³/mol.